The van der Waals surface area contributed by atoms with Crippen LogP contribution in [0.5, 0.6) is 0 Å². The van der Waals surface area contributed by atoms with Crippen LogP contribution in [0.4, 0.5) is 0 Å². The second-order valence-corrected chi connectivity index (χ2v) is 9.02. The van der Waals surface area contributed by atoms with Crippen molar-refractivity contribution in [2.45, 2.75) is 5.54 Å². The minimum Gasteiger partial charge on any atom is -0.336 e. The number of aromatic nitrogens is 3. The lowest BCUT2D eigenvalue weighted by Crippen LogP contribution is -2.41. The molecule has 0 bridgehead atoms. The lowest BCUT2D eigenvalue weighted by Gasteiger charge is -2.31. The highest BCUT2D eigenvalue weighted by Crippen LogP contribution is 2.37. The van der Waals surface area contributed by atoms with Crippen LogP contribution in [0, 0.1) is 11.3 Å². The molecule has 0 radical (unpaired) electrons. The van der Waals surface area contributed by atoms with Crippen molar-refractivity contribution in [3.8, 4) is 17.2 Å². The first-order valence-corrected chi connectivity index (χ1v) is 11.4. The summed E-state index contributed by atoms with van der Waals surface area (Å²) in [5.74, 6) is 0. The molecule has 0 saturated heterocycles. The average molecular weight is 480 g/mol. The minimum atomic E-state index is -1.06. The molecule has 7 heteroatoms. The Hall–Kier alpha value is -4.18. The molecule has 2 N–H and O–H groups in total. The molecule has 2 aromatic heterocycles. The van der Waals surface area contributed by atoms with E-state index >= 15 is 0 Å². The largest absolute Gasteiger partial charge is 0.336 e. The van der Waals surface area contributed by atoms with E-state index in [-0.39, 0.29) is 5.56 Å². The van der Waals surface area contributed by atoms with E-state index in [1.165, 1.54) is 0 Å². The molecule has 0 saturated carbocycles. The number of hydrogen-bond acceptors (Lipinski definition) is 4. The molecule has 6 nitrogen and oxygen atoms in total. The summed E-state index contributed by atoms with van der Waals surface area (Å²) < 4.78 is 3.51. The quantitative estimate of drug-likeness (QED) is 0.404. The Morgan fingerprint density at radius 2 is 1.74 bits per heavy atom. The molecule has 1 atom stereocenters. The standard InChI is InChI=1S/C28H22ClN5O/c1-33-17-32-16-26(33)28(31,20-8-6-18(15-30)7-9-20)21-10-11-25-24(13-21)23(14-27(35)34(25)2)19-4-3-5-22(29)12-19/h3-14,16-17H,31H2,1-2H3. The molecule has 0 aliphatic heterocycles. The second-order valence-electron chi connectivity index (χ2n) is 8.58. The number of nitrogens with two attached hydrogens (primary N) is 1. The third-order valence-electron chi connectivity index (χ3n) is 6.53. The van der Waals surface area contributed by atoms with E-state index in [2.05, 4.69) is 11.1 Å². The van der Waals surface area contributed by atoms with Gasteiger partial charge >= 0.3 is 0 Å². The van der Waals surface area contributed by atoms with Gasteiger partial charge in [0.2, 0.25) is 0 Å². The first-order valence-electron chi connectivity index (χ1n) is 11.0. The molecular formula is C28H22ClN5O. The average Bonchev–Trinajstić information content (AvgIpc) is 3.31. The third kappa shape index (κ3) is 3.71. The highest BCUT2D eigenvalue weighted by molar-refractivity contribution is 6.30. The van der Waals surface area contributed by atoms with Gasteiger partial charge in [0, 0.05) is 30.6 Å². The third-order valence-corrected chi connectivity index (χ3v) is 6.76. The van der Waals surface area contributed by atoms with Gasteiger partial charge in [0.25, 0.3) is 5.56 Å². The van der Waals surface area contributed by atoms with Crippen LogP contribution >= 0.6 is 11.6 Å². The number of pyridine rings is 1. The Kier molecular flexibility index (Phi) is 5.52. The number of imidazole rings is 1. The van der Waals surface area contributed by atoms with Gasteiger partial charge in [-0.1, -0.05) is 41.9 Å². The summed E-state index contributed by atoms with van der Waals surface area (Å²) >= 11 is 6.27. The number of nitriles is 1. The van der Waals surface area contributed by atoms with Crippen molar-refractivity contribution < 1.29 is 0 Å². The molecule has 0 aliphatic rings. The maximum atomic E-state index is 12.8. The lowest BCUT2D eigenvalue weighted by molar-refractivity contribution is 0.596. The fourth-order valence-corrected chi connectivity index (χ4v) is 4.80. The predicted molar refractivity (Wildman–Crippen MR) is 138 cm³/mol. The van der Waals surface area contributed by atoms with E-state index in [1.807, 2.05) is 60.1 Å². The van der Waals surface area contributed by atoms with Crippen LogP contribution in [0.3, 0.4) is 0 Å². The molecule has 35 heavy (non-hydrogen) atoms. The number of aryl methyl sites for hydroxylation is 2. The van der Waals surface area contributed by atoms with Crippen LogP contribution in [0.1, 0.15) is 22.4 Å². The van der Waals surface area contributed by atoms with Gasteiger partial charge in [-0.25, -0.2) is 4.98 Å². The summed E-state index contributed by atoms with van der Waals surface area (Å²) in [6.07, 6.45) is 3.46. The minimum absolute atomic E-state index is 0.113. The Bertz CT molecular complexity index is 1680. The van der Waals surface area contributed by atoms with E-state index < -0.39 is 5.54 Å². The maximum absolute atomic E-state index is 12.8. The zero-order valence-corrected chi connectivity index (χ0v) is 20.0. The highest BCUT2D eigenvalue weighted by Gasteiger charge is 2.35. The molecule has 0 aliphatic carbocycles. The van der Waals surface area contributed by atoms with Crippen molar-refractivity contribution >= 4 is 22.5 Å². The maximum Gasteiger partial charge on any atom is 0.251 e. The van der Waals surface area contributed by atoms with E-state index in [0.29, 0.717) is 10.6 Å². The van der Waals surface area contributed by atoms with Crippen molar-refractivity contribution in [3.63, 3.8) is 0 Å². The van der Waals surface area contributed by atoms with Gasteiger partial charge in [-0.15, -0.1) is 0 Å². The zero-order chi connectivity index (χ0) is 24.7. The molecule has 1 unspecified atom stereocenters. The van der Waals surface area contributed by atoms with E-state index in [9.17, 15) is 10.1 Å². The van der Waals surface area contributed by atoms with Gasteiger partial charge in [-0.2, -0.15) is 5.26 Å². The Labute approximate surface area is 207 Å². The molecular weight excluding hydrogens is 458 g/mol. The number of benzene rings is 3. The molecule has 3 aromatic carbocycles. The summed E-state index contributed by atoms with van der Waals surface area (Å²) in [5, 5.41) is 10.7. The van der Waals surface area contributed by atoms with Crippen LogP contribution in [0.15, 0.2) is 90.1 Å². The van der Waals surface area contributed by atoms with E-state index in [0.717, 1.165) is 38.9 Å². The van der Waals surface area contributed by atoms with Gasteiger partial charge in [0.05, 0.1) is 35.4 Å². The first-order chi connectivity index (χ1) is 16.8. The van der Waals surface area contributed by atoms with Crippen molar-refractivity contribution in [1.29, 1.82) is 5.26 Å². The van der Waals surface area contributed by atoms with Gasteiger partial charge in [0.15, 0.2) is 0 Å². The fourth-order valence-electron chi connectivity index (χ4n) is 4.61. The molecule has 0 amide bonds. The topological polar surface area (TPSA) is 89.6 Å². The SMILES string of the molecule is Cn1cncc1C(N)(c1ccc(C#N)cc1)c1ccc2c(c1)c(-c1cccc(Cl)c1)cc(=O)n2C. The smallest absolute Gasteiger partial charge is 0.251 e. The molecule has 0 fully saturated rings. The van der Waals surface area contributed by atoms with Crippen LogP contribution in [0.2, 0.25) is 5.02 Å². The zero-order valence-electron chi connectivity index (χ0n) is 19.2. The van der Waals surface area contributed by atoms with Crippen LogP contribution in [-0.4, -0.2) is 14.1 Å². The normalized spacial score (nSPS) is 12.9. The van der Waals surface area contributed by atoms with Gasteiger partial charge in [-0.3, -0.25) is 4.79 Å². The van der Waals surface area contributed by atoms with Gasteiger partial charge in [0.1, 0.15) is 5.54 Å². The van der Waals surface area contributed by atoms with E-state index in [1.54, 1.807) is 48.4 Å². The number of nitrogens with zero attached hydrogens (tertiary/aromatic N) is 4. The fraction of sp³-hybridized carbons (Fsp3) is 0.107. The summed E-state index contributed by atoms with van der Waals surface area (Å²) in [5.41, 5.74) is 11.4. The molecule has 172 valence electrons. The monoisotopic (exact) mass is 479 g/mol. The van der Waals surface area contributed by atoms with Crippen molar-refractivity contribution in [2.75, 3.05) is 0 Å². The van der Waals surface area contributed by atoms with Crippen molar-refractivity contribution in [1.82, 2.24) is 14.1 Å². The lowest BCUT2D eigenvalue weighted by atomic mass is 9.80. The summed E-state index contributed by atoms with van der Waals surface area (Å²) in [6, 6.07) is 24.4. The summed E-state index contributed by atoms with van der Waals surface area (Å²) in [4.78, 5) is 17.1. The van der Waals surface area contributed by atoms with Crippen molar-refractivity contribution in [2.24, 2.45) is 19.8 Å². The molecule has 5 rings (SSSR count). The highest BCUT2D eigenvalue weighted by atomic mass is 35.5. The predicted octanol–water partition coefficient (Wildman–Crippen LogP) is 4.71. The number of halogens is 1. The van der Waals surface area contributed by atoms with Crippen LogP contribution in [-0.2, 0) is 19.6 Å². The number of hydrogen-bond donors (Lipinski definition) is 1. The van der Waals surface area contributed by atoms with Crippen molar-refractivity contribution in [3.05, 3.63) is 123 Å². The summed E-state index contributed by atoms with van der Waals surface area (Å²) in [7, 11) is 3.65. The van der Waals surface area contributed by atoms with Gasteiger partial charge in [-0.05, 0) is 58.7 Å². The second kappa shape index (κ2) is 8.55. The van der Waals surface area contributed by atoms with Crippen LogP contribution in [0.25, 0.3) is 22.0 Å². The number of fused-ring (bicyclic) bond motifs is 1. The molecule has 5 aromatic rings. The van der Waals surface area contributed by atoms with E-state index in [4.69, 9.17) is 17.3 Å². The molecule has 0 spiro atoms. The first kappa shape index (κ1) is 22.6. The Morgan fingerprint density at radius 3 is 2.40 bits per heavy atom. The Balaban J connectivity index is 1.83. The number of rotatable bonds is 4. The van der Waals surface area contributed by atoms with Crippen LogP contribution < -0.4 is 11.3 Å². The Morgan fingerprint density at radius 1 is 1.00 bits per heavy atom. The summed E-state index contributed by atoms with van der Waals surface area (Å²) in [6.45, 7) is 0. The molecule has 2 heterocycles. The van der Waals surface area contributed by atoms with Gasteiger partial charge < -0.3 is 14.9 Å².